The molecule has 1 aliphatic heterocycles. The van der Waals surface area contributed by atoms with E-state index in [1.54, 1.807) is 23.6 Å². The van der Waals surface area contributed by atoms with E-state index in [0.29, 0.717) is 40.8 Å². The molecule has 5 rings (SSSR count). The standard InChI is InChI=1S/C23H27N5O3/c1-11-4-5-15(29)13(3)18(11)28-19(24)17(20(25)30)14-8-12(2)22(27-21(14)28)31-10-23-6-7-26-16(23)9-23/h4-5,8,16,26,29H,6-7,9-10,24H2,1-3H3,(H2,25,30). The maximum absolute atomic E-state index is 12.3. The Balaban J connectivity index is 1.69. The zero-order valence-corrected chi connectivity index (χ0v) is 18.0. The zero-order valence-electron chi connectivity index (χ0n) is 18.0. The van der Waals surface area contributed by atoms with Crippen LogP contribution < -0.4 is 21.5 Å². The number of primary amides is 1. The Hall–Kier alpha value is -3.26. The summed E-state index contributed by atoms with van der Waals surface area (Å²) in [6.07, 6.45) is 2.24. The molecule has 3 aromatic rings. The molecule has 1 saturated carbocycles. The molecule has 31 heavy (non-hydrogen) atoms. The summed E-state index contributed by atoms with van der Waals surface area (Å²) in [5, 5.41) is 14.4. The molecule has 2 aromatic heterocycles. The molecule has 1 amide bonds. The number of hydrogen-bond donors (Lipinski definition) is 4. The highest BCUT2D eigenvalue weighted by atomic mass is 16.5. The van der Waals surface area contributed by atoms with Gasteiger partial charge in [-0.15, -0.1) is 0 Å². The van der Waals surface area contributed by atoms with Gasteiger partial charge in [0.25, 0.3) is 5.91 Å². The highest BCUT2D eigenvalue weighted by Crippen LogP contribution is 2.52. The summed E-state index contributed by atoms with van der Waals surface area (Å²) in [5.74, 6) is 0.232. The maximum atomic E-state index is 12.3. The number of phenols is 1. The number of amides is 1. The second-order valence-corrected chi connectivity index (χ2v) is 8.93. The fourth-order valence-corrected chi connectivity index (χ4v) is 4.96. The Morgan fingerprint density at radius 1 is 1.35 bits per heavy atom. The molecule has 2 atom stereocenters. The Labute approximate surface area is 180 Å². The number of benzene rings is 1. The van der Waals surface area contributed by atoms with Gasteiger partial charge in [0.05, 0.1) is 17.9 Å². The lowest BCUT2D eigenvalue weighted by molar-refractivity contribution is 0.100. The van der Waals surface area contributed by atoms with Crippen molar-refractivity contribution in [2.75, 3.05) is 18.9 Å². The van der Waals surface area contributed by atoms with E-state index in [4.69, 9.17) is 21.2 Å². The molecule has 0 bridgehead atoms. The molecule has 0 spiro atoms. The van der Waals surface area contributed by atoms with E-state index in [1.807, 2.05) is 19.9 Å². The number of nitrogens with zero attached hydrogens (tertiary/aromatic N) is 2. The van der Waals surface area contributed by atoms with Gasteiger partial charge in [0.2, 0.25) is 5.88 Å². The second-order valence-electron chi connectivity index (χ2n) is 8.93. The highest BCUT2D eigenvalue weighted by Gasteiger charge is 2.57. The quantitative estimate of drug-likeness (QED) is 0.501. The summed E-state index contributed by atoms with van der Waals surface area (Å²) < 4.78 is 7.88. The van der Waals surface area contributed by atoms with E-state index in [1.165, 1.54) is 0 Å². The van der Waals surface area contributed by atoms with E-state index in [9.17, 15) is 9.90 Å². The number of nitrogens with two attached hydrogens (primary N) is 2. The number of aromatic hydroxyl groups is 1. The smallest absolute Gasteiger partial charge is 0.253 e. The topological polar surface area (TPSA) is 128 Å². The monoisotopic (exact) mass is 421 g/mol. The third-order valence-corrected chi connectivity index (χ3v) is 6.90. The van der Waals surface area contributed by atoms with E-state index in [2.05, 4.69) is 5.32 Å². The molecule has 1 aromatic carbocycles. The van der Waals surface area contributed by atoms with Crippen LogP contribution in [0.1, 0.15) is 39.9 Å². The van der Waals surface area contributed by atoms with Gasteiger partial charge in [0, 0.05) is 28.0 Å². The highest BCUT2D eigenvalue weighted by molar-refractivity contribution is 6.11. The summed E-state index contributed by atoms with van der Waals surface area (Å²) in [6, 6.07) is 5.83. The molecule has 0 radical (unpaired) electrons. The van der Waals surface area contributed by atoms with Crippen molar-refractivity contribution < 1.29 is 14.6 Å². The number of phenolic OH excluding ortho intramolecular Hbond substituents is 1. The van der Waals surface area contributed by atoms with E-state index in [-0.39, 0.29) is 22.5 Å². The Bertz CT molecular complexity index is 1250. The van der Waals surface area contributed by atoms with Crippen molar-refractivity contribution in [3.63, 3.8) is 0 Å². The van der Waals surface area contributed by atoms with Crippen molar-refractivity contribution in [1.82, 2.24) is 14.9 Å². The van der Waals surface area contributed by atoms with Gasteiger partial charge in [-0.25, -0.2) is 0 Å². The molecule has 8 nitrogen and oxygen atoms in total. The molecule has 3 heterocycles. The van der Waals surface area contributed by atoms with Crippen LogP contribution in [-0.2, 0) is 0 Å². The van der Waals surface area contributed by atoms with Crippen molar-refractivity contribution in [3.05, 3.63) is 40.5 Å². The average molecular weight is 422 g/mol. The summed E-state index contributed by atoms with van der Waals surface area (Å²) in [5.41, 5.74) is 16.0. The van der Waals surface area contributed by atoms with Gasteiger partial charge >= 0.3 is 0 Å². The van der Waals surface area contributed by atoms with Crippen LogP contribution >= 0.6 is 0 Å². The minimum Gasteiger partial charge on any atom is -0.508 e. The lowest BCUT2D eigenvalue weighted by atomic mass is 10.1. The largest absolute Gasteiger partial charge is 0.508 e. The number of pyridine rings is 1. The maximum Gasteiger partial charge on any atom is 0.253 e. The molecule has 2 aliphatic rings. The van der Waals surface area contributed by atoms with Crippen molar-refractivity contribution in [1.29, 1.82) is 0 Å². The molecule has 162 valence electrons. The van der Waals surface area contributed by atoms with Crippen molar-refractivity contribution in [3.8, 4) is 17.3 Å². The Morgan fingerprint density at radius 2 is 2.13 bits per heavy atom. The van der Waals surface area contributed by atoms with Gasteiger partial charge in [-0.1, -0.05) is 6.07 Å². The van der Waals surface area contributed by atoms with Gasteiger partial charge < -0.3 is 26.6 Å². The minimum atomic E-state index is -0.622. The number of aromatic nitrogens is 2. The fourth-order valence-electron chi connectivity index (χ4n) is 4.96. The number of nitrogens with one attached hydrogen (secondary N) is 1. The van der Waals surface area contributed by atoms with Gasteiger partial charge in [-0.3, -0.25) is 9.36 Å². The van der Waals surface area contributed by atoms with Gasteiger partial charge in [-0.2, -0.15) is 4.98 Å². The zero-order chi connectivity index (χ0) is 22.1. The normalized spacial score (nSPS) is 22.0. The van der Waals surface area contributed by atoms with Crippen LogP contribution in [0.5, 0.6) is 11.6 Å². The van der Waals surface area contributed by atoms with E-state index in [0.717, 1.165) is 30.5 Å². The first-order chi connectivity index (χ1) is 14.7. The average Bonchev–Trinajstić information content (AvgIpc) is 3.13. The summed E-state index contributed by atoms with van der Waals surface area (Å²) in [7, 11) is 0. The minimum absolute atomic E-state index is 0.138. The molecule has 2 unspecified atom stereocenters. The summed E-state index contributed by atoms with van der Waals surface area (Å²) in [4.78, 5) is 17.1. The second kappa shape index (κ2) is 6.62. The van der Waals surface area contributed by atoms with Crippen LogP contribution in [-0.4, -0.2) is 39.8 Å². The van der Waals surface area contributed by atoms with Gasteiger partial charge in [0.15, 0.2) is 5.65 Å². The molecule has 6 N–H and O–H groups in total. The number of aryl methyl sites for hydroxylation is 2. The predicted molar refractivity (Wildman–Crippen MR) is 119 cm³/mol. The summed E-state index contributed by atoms with van der Waals surface area (Å²) in [6.45, 7) is 7.25. The van der Waals surface area contributed by atoms with Crippen molar-refractivity contribution in [2.24, 2.45) is 11.1 Å². The molecule has 1 saturated heterocycles. The number of nitrogen functional groups attached to an aromatic ring is 1. The number of piperidine rings is 1. The van der Waals surface area contributed by atoms with Crippen LogP contribution in [0.4, 0.5) is 5.82 Å². The fraction of sp³-hybridized carbons (Fsp3) is 0.391. The molecule has 2 fully saturated rings. The van der Waals surface area contributed by atoms with Crippen LogP contribution in [0.25, 0.3) is 16.7 Å². The number of rotatable bonds is 5. The lowest BCUT2D eigenvalue weighted by Crippen LogP contribution is -2.16. The number of fused-ring (bicyclic) bond motifs is 2. The SMILES string of the molecule is Cc1cc2c(C(N)=O)c(N)n(-c3c(C)ccc(O)c3C)c2nc1OCC12CCNC1C2. The Morgan fingerprint density at radius 3 is 2.77 bits per heavy atom. The van der Waals surface area contributed by atoms with E-state index < -0.39 is 5.91 Å². The van der Waals surface area contributed by atoms with Crippen LogP contribution in [0.2, 0.25) is 0 Å². The van der Waals surface area contributed by atoms with Crippen LogP contribution in [0.15, 0.2) is 18.2 Å². The number of carbonyl (C=O) groups excluding carboxylic acids is 1. The third-order valence-electron chi connectivity index (χ3n) is 6.90. The van der Waals surface area contributed by atoms with Crippen LogP contribution in [0.3, 0.4) is 0 Å². The Kier molecular flexibility index (Phi) is 4.20. The van der Waals surface area contributed by atoms with Crippen molar-refractivity contribution >= 4 is 22.8 Å². The van der Waals surface area contributed by atoms with Gasteiger partial charge in [-0.05, 0) is 57.9 Å². The predicted octanol–water partition coefficient (Wildman–Crippen LogP) is 2.47. The van der Waals surface area contributed by atoms with Gasteiger partial charge in [0.1, 0.15) is 11.6 Å². The number of anilines is 1. The molecule has 1 aliphatic carbocycles. The molecular formula is C23H27N5O3. The lowest BCUT2D eigenvalue weighted by Gasteiger charge is -2.17. The number of hydrogen-bond acceptors (Lipinski definition) is 6. The first kappa shape index (κ1) is 19.7. The van der Waals surface area contributed by atoms with E-state index >= 15 is 0 Å². The molecular weight excluding hydrogens is 394 g/mol. The number of ether oxygens (including phenoxy) is 1. The van der Waals surface area contributed by atoms with Crippen molar-refractivity contribution in [2.45, 2.75) is 39.7 Å². The third kappa shape index (κ3) is 2.85. The first-order valence-electron chi connectivity index (χ1n) is 10.5. The van der Waals surface area contributed by atoms with Crippen LogP contribution in [0, 0.1) is 26.2 Å². The number of carbonyl (C=O) groups is 1. The first-order valence-corrected chi connectivity index (χ1v) is 10.5. The summed E-state index contributed by atoms with van der Waals surface area (Å²) >= 11 is 0. The molecule has 8 heteroatoms.